The molecule has 0 aliphatic rings. The predicted octanol–water partition coefficient (Wildman–Crippen LogP) is 3.68. The minimum Gasteiger partial charge on any atom is -0.348 e. The van der Waals surface area contributed by atoms with E-state index in [0.29, 0.717) is 5.56 Å². The van der Waals surface area contributed by atoms with Gasteiger partial charge in [-0.3, -0.25) is 4.79 Å². The van der Waals surface area contributed by atoms with Crippen molar-refractivity contribution in [2.75, 3.05) is 0 Å². The molecule has 1 unspecified atom stereocenters. The molecule has 1 rings (SSSR count). The number of benzene rings is 1. The quantitative estimate of drug-likeness (QED) is 0.883. The Morgan fingerprint density at radius 2 is 1.59 bits per heavy atom. The number of alkyl halides is 3. The lowest BCUT2D eigenvalue weighted by atomic mass is 9.86. The third-order valence-corrected chi connectivity index (χ3v) is 3.31. The average molecular weight is 339 g/mol. The highest BCUT2D eigenvalue weighted by Gasteiger charge is 2.31. The Hall–Kier alpha value is -1.27. The van der Waals surface area contributed by atoms with Crippen LogP contribution in [0.15, 0.2) is 24.3 Å². The summed E-state index contributed by atoms with van der Waals surface area (Å²) in [5, 5.41) is 2.72. The Morgan fingerprint density at radius 1 is 1.14 bits per heavy atom. The first-order valence-corrected chi connectivity index (χ1v) is 6.66. The van der Waals surface area contributed by atoms with Crippen LogP contribution < -0.4 is 11.1 Å². The second-order valence-electron chi connectivity index (χ2n) is 6.19. The number of hydrogen-bond acceptors (Lipinski definition) is 2. The molecule has 0 bridgehead atoms. The van der Waals surface area contributed by atoms with Gasteiger partial charge in [-0.15, -0.1) is 12.4 Å². The van der Waals surface area contributed by atoms with E-state index in [0.717, 1.165) is 12.1 Å². The zero-order valence-corrected chi connectivity index (χ0v) is 13.8. The van der Waals surface area contributed by atoms with E-state index in [1.54, 1.807) is 6.92 Å². The highest BCUT2D eigenvalue weighted by molar-refractivity contribution is 5.85. The number of nitrogens with one attached hydrogen (secondary N) is 1. The van der Waals surface area contributed by atoms with Gasteiger partial charge < -0.3 is 11.1 Å². The molecule has 3 N–H and O–H groups in total. The molecule has 2 atom stereocenters. The summed E-state index contributed by atoms with van der Waals surface area (Å²) in [4.78, 5) is 12.0. The summed E-state index contributed by atoms with van der Waals surface area (Å²) in [5.74, 6) is -0.324. The first kappa shape index (κ1) is 20.7. The van der Waals surface area contributed by atoms with Gasteiger partial charge in [0.2, 0.25) is 5.91 Å². The van der Waals surface area contributed by atoms with Crippen molar-refractivity contribution in [2.24, 2.45) is 11.1 Å². The summed E-state index contributed by atoms with van der Waals surface area (Å²) >= 11 is 0. The van der Waals surface area contributed by atoms with Crippen molar-refractivity contribution in [3.63, 3.8) is 0 Å². The van der Waals surface area contributed by atoms with Crippen molar-refractivity contribution in [2.45, 2.75) is 46.0 Å². The van der Waals surface area contributed by atoms with Gasteiger partial charge in [-0.2, -0.15) is 13.2 Å². The summed E-state index contributed by atoms with van der Waals surface area (Å²) < 4.78 is 37.4. The van der Waals surface area contributed by atoms with Gasteiger partial charge in [0.05, 0.1) is 17.6 Å². The Kier molecular flexibility index (Phi) is 6.91. The molecule has 0 saturated heterocycles. The van der Waals surface area contributed by atoms with Crippen molar-refractivity contribution in [1.29, 1.82) is 0 Å². The molecule has 1 aromatic rings. The normalized spacial score (nSPS) is 14.7. The molecule has 0 saturated carbocycles. The van der Waals surface area contributed by atoms with Gasteiger partial charge in [0.15, 0.2) is 0 Å². The number of nitrogens with two attached hydrogens (primary N) is 1. The second kappa shape index (κ2) is 7.33. The summed E-state index contributed by atoms with van der Waals surface area (Å²) in [6.07, 6.45) is -4.36. The molecule has 0 aromatic heterocycles. The predicted molar refractivity (Wildman–Crippen MR) is 82.7 cm³/mol. The maximum absolute atomic E-state index is 12.5. The maximum atomic E-state index is 12.5. The van der Waals surface area contributed by atoms with Crippen LogP contribution in [-0.4, -0.2) is 11.9 Å². The molecule has 7 heteroatoms. The summed E-state index contributed by atoms with van der Waals surface area (Å²) in [6.45, 7) is 7.25. The minimum absolute atomic E-state index is 0. The molecular weight excluding hydrogens is 317 g/mol. The van der Waals surface area contributed by atoms with Crippen LogP contribution in [0.3, 0.4) is 0 Å². The molecule has 0 aliphatic carbocycles. The first-order chi connectivity index (χ1) is 9.43. The standard InChI is InChI=1S/C15H21F3N2O.ClH/c1-9(20-13(21)12(19)14(2,3)4)10-5-7-11(8-6-10)15(16,17)18;/h5-9,12H,19H2,1-4H3,(H,20,21);1H/t9?,12-;/m1./s1. The van der Waals surface area contributed by atoms with E-state index in [1.807, 2.05) is 20.8 Å². The molecule has 0 fully saturated rings. The Balaban J connectivity index is 0.00000441. The Bertz CT molecular complexity index is 495. The topological polar surface area (TPSA) is 55.1 Å². The van der Waals surface area contributed by atoms with Crippen molar-refractivity contribution < 1.29 is 18.0 Å². The molecule has 0 heterocycles. The average Bonchev–Trinajstić information content (AvgIpc) is 2.35. The maximum Gasteiger partial charge on any atom is 0.416 e. The number of carbonyl (C=O) groups excluding carboxylic acids is 1. The third kappa shape index (κ3) is 5.50. The highest BCUT2D eigenvalue weighted by atomic mass is 35.5. The molecule has 22 heavy (non-hydrogen) atoms. The van der Waals surface area contributed by atoms with Crippen LogP contribution in [0, 0.1) is 5.41 Å². The molecule has 126 valence electrons. The van der Waals surface area contributed by atoms with Gasteiger partial charge in [0.1, 0.15) is 0 Å². The van der Waals surface area contributed by atoms with Gasteiger partial charge in [-0.05, 0) is 30.0 Å². The van der Waals surface area contributed by atoms with Gasteiger partial charge in [0, 0.05) is 0 Å². The van der Waals surface area contributed by atoms with E-state index in [2.05, 4.69) is 5.32 Å². The van der Waals surface area contributed by atoms with Gasteiger partial charge in [-0.25, -0.2) is 0 Å². The second-order valence-corrected chi connectivity index (χ2v) is 6.19. The molecular formula is C15H22ClF3N2O. The fraction of sp³-hybridized carbons (Fsp3) is 0.533. The zero-order valence-electron chi connectivity index (χ0n) is 13.0. The van der Waals surface area contributed by atoms with E-state index >= 15 is 0 Å². The van der Waals surface area contributed by atoms with Crippen LogP contribution in [0.4, 0.5) is 13.2 Å². The molecule has 0 aliphatic heterocycles. The van der Waals surface area contributed by atoms with E-state index < -0.39 is 23.8 Å². The summed E-state index contributed by atoms with van der Waals surface area (Å²) in [6, 6.07) is 3.62. The lowest BCUT2D eigenvalue weighted by Crippen LogP contribution is -2.49. The van der Waals surface area contributed by atoms with E-state index in [4.69, 9.17) is 5.73 Å². The van der Waals surface area contributed by atoms with Crippen LogP contribution in [-0.2, 0) is 11.0 Å². The van der Waals surface area contributed by atoms with Crippen LogP contribution in [0.2, 0.25) is 0 Å². The van der Waals surface area contributed by atoms with Crippen LogP contribution in [0.25, 0.3) is 0 Å². The lowest BCUT2D eigenvalue weighted by molar-refractivity contribution is -0.137. The van der Waals surface area contributed by atoms with Crippen LogP contribution in [0.1, 0.15) is 44.9 Å². The van der Waals surface area contributed by atoms with Crippen LogP contribution in [0.5, 0.6) is 0 Å². The Labute approximate surface area is 134 Å². The van der Waals surface area contributed by atoms with Crippen molar-refractivity contribution >= 4 is 18.3 Å². The van der Waals surface area contributed by atoms with Crippen LogP contribution >= 0.6 is 12.4 Å². The summed E-state index contributed by atoms with van der Waals surface area (Å²) in [7, 11) is 0. The highest BCUT2D eigenvalue weighted by Crippen LogP contribution is 2.30. The van der Waals surface area contributed by atoms with Crippen molar-refractivity contribution in [3.05, 3.63) is 35.4 Å². The number of amides is 1. The van der Waals surface area contributed by atoms with E-state index in [-0.39, 0.29) is 23.7 Å². The van der Waals surface area contributed by atoms with E-state index in [9.17, 15) is 18.0 Å². The van der Waals surface area contributed by atoms with Gasteiger partial charge >= 0.3 is 6.18 Å². The first-order valence-electron chi connectivity index (χ1n) is 6.66. The molecule has 1 aromatic carbocycles. The monoisotopic (exact) mass is 338 g/mol. The number of hydrogen-bond donors (Lipinski definition) is 2. The van der Waals surface area contributed by atoms with Crippen molar-refractivity contribution in [1.82, 2.24) is 5.32 Å². The van der Waals surface area contributed by atoms with Gasteiger partial charge in [0.25, 0.3) is 0 Å². The van der Waals surface area contributed by atoms with E-state index in [1.165, 1.54) is 12.1 Å². The number of halogens is 4. The molecule has 3 nitrogen and oxygen atoms in total. The fourth-order valence-electron chi connectivity index (χ4n) is 1.74. The molecule has 1 amide bonds. The van der Waals surface area contributed by atoms with Gasteiger partial charge in [-0.1, -0.05) is 32.9 Å². The molecule has 0 radical (unpaired) electrons. The van der Waals surface area contributed by atoms with Crippen molar-refractivity contribution in [3.8, 4) is 0 Å². The Morgan fingerprint density at radius 3 is 1.95 bits per heavy atom. The molecule has 0 spiro atoms. The summed E-state index contributed by atoms with van der Waals surface area (Å²) in [5.41, 5.74) is 5.34. The zero-order chi connectivity index (χ0) is 16.4. The number of carbonyl (C=O) groups is 1. The minimum atomic E-state index is -4.36. The lowest BCUT2D eigenvalue weighted by Gasteiger charge is -2.27. The smallest absolute Gasteiger partial charge is 0.348 e. The fourth-order valence-corrected chi connectivity index (χ4v) is 1.74. The number of rotatable bonds is 3. The SMILES string of the molecule is CC(NC(=O)[C@@H](N)C(C)(C)C)c1ccc(C(F)(F)F)cc1.Cl. The third-order valence-electron chi connectivity index (χ3n) is 3.31. The largest absolute Gasteiger partial charge is 0.416 e.